The van der Waals surface area contributed by atoms with E-state index >= 15 is 0 Å². The van der Waals surface area contributed by atoms with Gasteiger partial charge in [-0.3, -0.25) is 9.69 Å². The predicted molar refractivity (Wildman–Crippen MR) is 66.1 cm³/mol. The summed E-state index contributed by atoms with van der Waals surface area (Å²) >= 11 is 0. The van der Waals surface area contributed by atoms with Gasteiger partial charge in [-0.1, -0.05) is 11.6 Å². The third kappa shape index (κ3) is 2.25. The maximum Gasteiger partial charge on any atom is 0.323 e. The highest BCUT2D eigenvalue weighted by Gasteiger charge is 2.48. The fourth-order valence-corrected chi connectivity index (χ4v) is 3.59. The zero-order valence-corrected chi connectivity index (χ0v) is 11.3. The van der Waals surface area contributed by atoms with Crippen LogP contribution >= 0.6 is 0 Å². The van der Waals surface area contributed by atoms with Crippen LogP contribution in [0.15, 0.2) is 4.52 Å². The molecule has 0 N–H and O–H groups in total. The predicted octanol–water partition coefficient (Wildman–Crippen LogP) is 1.15. The minimum Gasteiger partial charge on any atom is -0.468 e. The van der Waals surface area contributed by atoms with Crippen LogP contribution in [0.3, 0.4) is 0 Å². The summed E-state index contributed by atoms with van der Waals surface area (Å²) in [6, 6.07) is -0.142. The molecule has 0 unspecified atom stereocenters. The zero-order chi connectivity index (χ0) is 13.4. The Kier molecular flexibility index (Phi) is 3.26. The standard InChI is InChI=1S/C13H19N3O3/c1-8-14-11(15-19-8)7-16-6-9-4-3-5-10(9)12(16)13(17)18-2/h9-10,12H,3-7H2,1-2H3/t9-,10-,12-/m0/s1. The Balaban J connectivity index is 1.77. The zero-order valence-electron chi connectivity index (χ0n) is 11.3. The Hall–Kier alpha value is -1.43. The molecule has 2 fully saturated rings. The van der Waals surface area contributed by atoms with Crippen molar-refractivity contribution in [1.82, 2.24) is 15.0 Å². The largest absolute Gasteiger partial charge is 0.468 e. The Morgan fingerprint density at radius 1 is 1.53 bits per heavy atom. The number of ether oxygens (including phenoxy) is 1. The molecule has 1 aromatic rings. The second kappa shape index (κ2) is 4.92. The Morgan fingerprint density at radius 2 is 2.37 bits per heavy atom. The minimum atomic E-state index is -0.142. The normalized spacial score (nSPS) is 30.5. The molecule has 3 rings (SSSR count). The highest BCUT2D eigenvalue weighted by Crippen LogP contribution is 2.42. The molecule has 2 heterocycles. The van der Waals surface area contributed by atoms with Crippen LogP contribution in [0, 0.1) is 18.8 Å². The number of hydrogen-bond acceptors (Lipinski definition) is 6. The molecule has 1 saturated heterocycles. The molecule has 2 aliphatic rings. The number of nitrogens with zero attached hydrogens (tertiary/aromatic N) is 3. The van der Waals surface area contributed by atoms with Gasteiger partial charge in [0.2, 0.25) is 5.89 Å². The minimum absolute atomic E-state index is 0.130. The third-order valence-corrected chi connectivity index (χ3v) is 4.34. The molecule has 0 radical (unpaired) electrons. The third-order valence-electron chi connectivity index (χ3n) is 4.34. The van der Waals surface area contributed by atoms with Crippen LogP contribution in [0.2, 0.25) is 0 Å². The van der Waals surface area contributed by atoms with Crippen molar-refractivity contribution < 1.29 is 14.1 Å². The number of aromatic nitrogens is 2. The van der Waals surface area contributed by atoms with E-state index in [1.54, 1.807) is 6.92 Å². The van der Waals surface area contributed by atoms with Crippen LogP contribution in [-0.4, -0.2) is 40.7 Å². The Labute approximate surface area is 112 Å². The molecule has 19 heavy (non-hydrogen) atoms. The summed E-state index contributed by atoms with van der Waals surface area (Å²) in [5, 5.41) is 3.91. The molecule has 6 nitrogen and oxygen atoms in total. The van der Waals surface area contributed by atoms with Gasteiger partial charge in [0.25, 0.3) is 0 Å². The lowest BCUT2D eigenvalue weighted by atomic mass is 9.94. The van der Waals surface area contributed by atoms with Crippen molar-refractivity contribution in [2.45, 2.75) is 38.8 Å². The SMILES string of the molecule is COC(=O)[C@@H]1[C@H]2CCC[C@H]2CN1Cc1noc(C)n1. The Bertz CT molecular complexity index is 473. The molecule has 1 aromatic heterocycles. The molecule has 6 heteroatoms. The number of rotatable bonds is 3. The van der Waals surface area contributed by atoms with E-state index in [4.69, 9.17) is 9.26 Å². The highest BCUT2D eigenvalue weighted by atomic mass is 16.5. The van der Waals surface area contributed by atoms with Gasteiger partial charge in [0.1, 0.15) is 6.04 Å². The second-order valence-electron chi connectivity index (χ2n) is 5.48. The van der Waals surface area contributed by atoms with Gasteiger partial charge in [-0.25, -0.2) is 0 Å². The van der Waals surface area contributed by atoms with Gasteiger partial charge in [0.05, 0.1) is 13.7 Å². The van der Waals surface area contributed by atoms with Gasteiger partial charge in [-0.2, -0.15) is 4.98 Å². The number of likely N-dealkylation sites (tertiary alicyclic amines) is 1. The summed E-state index contributed by atoms with van der Waals surface area (Å²) in [5.41, 5.74) is 0. The fourth-order valence-electron chi connectivity index (χ4n) is 3.59. The summed E-state index contributed by atoms with van der Waals surface area (Å²) in [6.07, 6.45) is 3.55. The molecule has 1 saturated carbocycles. The molecule has 3 atom stereocenters. The fraction of sp³-hybridized carbons (Fsp3) is 0.769. The summed E-state index contributed by atoms with van der Waals surface area (Å²) in [7, 11) is 1.46. The average molecular weight is 265 g/mol. The quantitative estimate of drug-likeness (QED) is 0.764. The molecular formula is C13H19N3O3. The van der Waals surface area contributed by atoms with Crippen molar-refractivity contribution in [3.05, 3.63) is 11.7 Å². The monoisotopic (exact) mass is 265 g/mol. The van der Waals surface area contributed by atoms with Crippen LogP contribution in [0.25, 0.3) is 0 Å². The first-order valence-corrected chi connectivity index (χ1v) is 6.80. The van der Waals surface area contributed by atoms with E-state index in [0.29, 0.717) is 30.1 Å². The first-order chi connectivity index (χ1) is 9.19. The van der Waals surface area contributed by atoms with Gasteiger partial charge in [-0.05, 0) is 24.7 Å². The lowest BCUT2D eigenvalue weighted by Gasteiger charge is -2.24. The summed E-state index contributed by atoms with van der Waals surface area (Å²) in [4.78, 5) is 18.4. The molecule has 0 aromatic carbocycles. The molecule has 1 aliphatic heterocycles. The molecule has 0 amide bonds. The number of aryl methyl sites for hydroxylation is 1. The lowest BCUT2D eigenvalue weighted by molar-refractivity contribution is -0.147. The van der Waals surface area contributed by atoms with E-state index in [2.05, 4.69) is 15.0 Å². The van der Waals surface area contributed by atoms with Gasteiger partial charge >= 0.3 is 5.97 Å². The Morgan fingerprint density at radius 3 is 3.05 bits per heavy atom. The van der Waals surface area contributed by atoms with Crippen LogP contribution in [0.4, 0.5) is 0 Å². The van der Waals surface area contributed by atoms with Crippen molar-refractivity contribution in [1.29, 1.82) is 0 Å². The highest BCUT2D eigenvalue weighted by molar-refractivity contribution is 5.76. The van der Waals surface area contributed by atoms with E-state index < -0.39 is 0 Å². The number of fused-ring (bicyclic) bond motifs is 1. The average Bonchev–Trinajstić information content (AvgIpc) is 3.05. The van der Waals surface area contributed by atoms with E-state index in [0.717, 1.165) is 13.0 Å². The molecular weight excluding hydrogens is 246 g/mol. The molecule has 1 aliphatic carbocycles. The van der Waals surface area contributed by atoms with Gasteiger partial charge in [0.15, 0.2) is 5.82 Å². The second-order valence-corrected chi connectivity index (χ2v) is 5.48. The van der Waals surface area contributed by atoms with Crippen LogP contribution in [0.5, 0.6) is 0 Å². The first kappa shape index (κ1) is 12.6. The number of esters is 1. The molecule has 0 spiro atoms. The lowest BCUT2D eigenvalue weighted by Crippen LogP contribution is -2.40. The molecule has 0 bridgehead atoms. The van der Waals surface area contributed by atoms with E-state index in [1.807, 2.05) is 0 Å². The maximum atomic E-state index is 12.0. The smallest absolute Gasteiger partial charge is 0.323 e. The van der Waals surface area contributed by atoms with Gasteiger partial charge < -0.3 is 9.26 Å². The van der Waals surface area contributed by atoms with Crippen molar-refractivity contribution in [2.24, 2.45) is 11.8 Å². The maximum absolute atomic E-state index is 12.0. The summed E-state index contributed by atoms with van der Waals surface area (Å²) in [5.74, 6) is 2.11. The van der Waals surface area contributed by atoms with Crippen molar-refractivity contribution in [3.63, 3.8) is 0 Å². The topological polar surface area (TPSA) is 68.5 Å². The summed E-state index contributed by atoms with van der Waals surface area (Å²) in [6.45, 7) is 3.26. The van der Waals surface area contributed by atoms with Crippen LogP contribution < -0.4 is 0 Å². The number of carbonyl (C=O) groups is 1. The van der Waals surface area contributed by atoms with Crippen molar-refractivity contribution in [3.8, 4) is 0 Å². The van der Waals surface area contributed by atoms with E-state index in [1.165, 1.54) is 20.0 Å². The van der Waals surface area contributed by atoms with Crippen LogP contribution in [-0.2, 0) is 16.1 Å². The van der Waals surface area contributed by atoms with Crippen LogP contribution in [0.1, 0.15) is 31.0 Å². The van der Waals surface area contributed by atoms with Crippen molar-refractivity contribution >= 4 is 5.97 Å². The number of carbonyl (C=O) groups excluding carboxylic acids is 1. The van der Waals surface area contributed by atoms with Crippen molar-refractivity contribution in [2.75, 3.05) is 13.7 Å². The number of methoxy groups -OCH3 is 1. The van der Waals surface area contributed by atoms with E-state index in [-0.39, 0.29) is 12.0 Å². The first-order valence-electron chi connectivity index (χ1n) is 6.80. The van der Waals surface area contributed by atoms with Gasteiger partial charge in [-0.15, -0.1) is 0 Å². The van der Waals surface area contributed by atoms with Gasteiger partial charge in [0, 0.05) is 13.5 Å². The summed E-state index contributed by atoms with van der Waals surface area (Å²) < 4.78 is 9.96. The van der Waals surface area contributed by atoms with E-state index in [9.17, 15) is 4.79 Å². The number of hydrogen-bond donors (Lipinski definition) is 0. The molecule has 104 valence electrons.